The zero-order valence-electron chi connectivity index (χ0n) is 19.6. The Bertz CT molecular complexity index is 1080. The van der Waals surface area contributed by atoms with E-state index in [4.69, 9.17) is 9.47 Å². The molecule has 1 aliphatic heterocycles. The van der Waals surface area contributed by atoms with Crippen LogP contribution < -0.4 is 4.72 Å². The van der Waals surface area contributed by atoms with Crippen molar-refractivity contribution in [3.8, 4) is 0 Å². The van der Waals surface area contributed by atoms with Crippen molar-refractivity contribution < 1.29 is 22.7 Å². The number of hydrogen-bond acceptors (Lipinski definition) is 6. The maximum Gasteiger partial charge on any atom is 0.409 e. The summed E-state index contributed by atoms with van der Waals surface area (Å²) in [4.78, 5) is 13.5. The number of ether oxygens (including phenoxy) is 2. The first-order valence-corrected chi connectivity index (χ1v) is 13.5. The summed E-state index contributed by atoms with van der Waals surface area (Å²) in [5.41, 5.74) is 2.51. The molecule has 2 atom stereocenters. The minimum Gasteiger partial charge on any atom is -0.453 e. The number of sulfonamides is 1. The number of nitrogens with one attached hydrogen (secondary N) is 1. The lowest BCUT2D eigenvalue weighted by molar-refractivity contribution is -0.0330. The first kappa shape index (κ1) is 24.0. The van der Waals surface area contributed by atoms with Gasteiger partial charge in [-0.05, 0) is 61.6 Å². The van der Waals surface area contributed by atoms with E-state index in [0.717, 1.165) is 37.5 Å². The molecular weight excluding hydrogens is 444 g/mol. The third-order valence-corrected chi connectivity index (χ3v) is 7.72. The predicted octanol–water partition coefficient (Wildman–Crippen LogP) is 2.62. The van der Waals surface area contributed by atoms with Crippen LogP contribution in [-0.2, 0) is 26.5 Å². The minimum atomic E-state index is -3.37. The van der Waals surface area contributed by atoms with E-state index in [1.807, 2.05) is 17.9 Å². The molecular formula is C23H34N4O5S. The number of amides is 1. The van der Waals surface area contributed by atoms with E-state index in [2.05, 4.69) is 28.0 Å². The van der Waals surface area contributed by atoms with Crippen molar-refractivity contribution in [1.29, 1.82) is 0 Å². The van der Waals surface area contributed by atoms with Crippen LogP contribution in [0.4, 0.5) is 4.79 Å². The summed E-state index contributed by atoms with van der Waals surface area (Å²) < 4.78 is 39.2. The highest BCUT2D eigenvalue weighted by molar-refractivity contribution is 7.88. The molecule has 1 amide bonds. The fourth-order valence-corrected chi connectivity index (χ4v) is 5.97. The van der Waals surface area contributed by atoms with E-state index in [1.54, 1.807) is 4.90 Å². The largest absolute Gasteiger partial charge is 0.453 e. The second-order valence-corrected chi connectivity index (χ2v) is 11.2. The van der Waals surface area contributed by atoms with Crippen molar-refractivity contribution in [2.75, 3.05) is 33.1 Å². The smallest absolute Gasteiger partial charge is 0.409 e. The van der Waals surface area contributed by atoms with E-state index in [-0.39, 0.29) is 6.04 Å². The number of methoxy groups -OCH3 is 1. The SMILES string of the molecule is COC(=O)N1CC[C@H](NS(C)(=O)=O)[C@H](OCC2CCC(c3ccc4c(cnn4C)c3)CC2)C1. The number of rotatable bonds is 6. The first-order valence-electron chi connectivity index (χ1n) is 11.6. The third kappa shape index (κ3) is 5.85. The number of fused-ring (bicyclic) bond motifs is 1. The molecule has 1 aromatic carbocycles. The Labute approximate surface area is 195 Å². The van der Waals surface area contributed by atoms with Gasteiger partial charge in [-0.1, -0.05) is 6.07 Å². The third-order valence-electron chi connectivity index (χ3n) is 6.99. The van der Waals surface area contributed by atoms with E-state index in [1.165, 1.54) is 18.1 Å². The van der Waals surface area contributed by atoms with Crippen LogP contribution in [0.1, 0.15) is 43.6 Å². The van der Waals surface area contributed by atoms with Gasteiger partial charge in [0.1, 0.15) is 0 Å². The monoisotopic (exact) mass is 478 g/mol. The number of likely N-dealkylation sites (tertiary alicyclic amines) is 1. The van der Waals surface area contributed by atoms with Gasteiger partial charge in [-0.15, -0.1) is 0 Å². The molecule has 2 aliphatic rings. The predicted molar refractivity (Wildman–Crippen MR) is 126 cm³/mol. The Morgan fingerprint density at radius 1 is 1.21 bits per heavy atom. The van der Waals surface area contributed by atoms with Crippen LogP contribution in [-0.4, -0.2) is 74.4 Å². The molecule has 9 nitrogen and oxygen atoms in total. The zero-order valence-corrected chi connectivity index (χ0v) is 20.4. The standard InChI is InChI=1S/C23H34N4O5S/c1-26-21-9-8-18(12-19(21)13-24-26)17-6-4-16(5-7-17)15-32-22-14-27(23(28)31-2)11-10-20(22)25-33(3,29)30/h8-9,12-13,16-17,20,22,25H,4-7,10-11,14-15H2,1-3H3/t16?,17?,20-,22+/m0/s1. The normalized spacial score (nSPS) is 26.5. The van der Waals surface area contributed by atoms with Crippen LogP contribution in [0.3, 0.4) is 0 Å². The number of aryl methyl sites for hydroxylation is 1. The Morgan fingerprint density at radius 2 is 1.97 bits per heavy atom. The molecule has 1 saturated carbocycles. The van der Waals surface area contributed by atoms with Gasteiger partial charge in [-0.2, -0.15) is 5.10 Å². The maximum absolute atomic E-state index is 12.0. The fraction of sp³-hybridized carbons (Fsp3) is 0.652. The van der Waals surface area contributed by atoms with Crippen LogP contribution in [0.2, 0.25) is 0 Å². The van der Waals surface area contributed by atoms with Crippen LogP contribution >= 0.6 is 0 Å². The van der Waals surface area contributed by atoms with E-state index < -0.39 is 22.2 Å². The Morgan fingerprint density at radius 3 is 2.67 bits per heavy atom. The second-order valence-electron chi connectivity index (χ2n) is 9.38. The number of piperidine rings is 1. The summed E-state index contributed by atoms with van der Waals surface area (Å²) in [5.74, 6) is 0.964. The number of aromatic nitrogens is 2. The molecule has 182 valence electrons. The number of carbonyl (C=O) groups is 1. The van der Waals surface area contributed by atoms with Gasteiger partial charge in [-0.3, -0.25) is 4.68 Å². The van der Waals surface area contributed by atoms with Crippen molar-refractivity contribution in [3.63, 3.8) is 0 Å². The topological polar surface area (TPSA) is 103 Å². The van der Waals surface area contributed by atoms with Crippen molar-refractivity contribution in [1.82, 2.24) is 19.4 Å². The fourth-order valence-electron chi connectivity index (χ4n) is 5.15. The highest BCUT2D eigenvalue weighted by Crippen LogP contribution is 2.37. The van der Waals surface area contributed by atoms with Crippen LogP contribution in [0, 0.1) is 5.92 Å². The number of carbonyl (C=O) groups excluding carboxylic acids is 1. The molecule has 0 bridgehead atoms. The number of hydrogen-bond donors (Lipinski definition) is 1. The quantitative estimate of drug-likeness (QED) is 0.685. The first-order chi connectivity index (χ1) is 15.7. The second kappa shape index (κ2) is 9.99. The number of nitrogens with zero attached hydrogens (tertiary/aromatic N) is 3. The lowest BCUT2D eigenvalue weighted by atomic mass is 9.79. The van der Waals surface area contributed by atoms with Gasteiger partial charge in [0.05, 0.1) is 43.8 Å². The van der Waals surface area contributed by atoms with Gasteiger partial charge in [-0.25, -0.2) is 17.9 Å². The van der Waals surface area contributed by atoms with Gasteiger partial charge in [0.15, 0.2) is 0 Å². The summed E-state index contributed by atoms with van der Waals surface area (Å²) in [5, 5.41) is 5.52. The van der Waals surface area contributed by atoms with Crippen molar-refractivity contribution >= 4 is 27.0 Å². The molecule has 1 N–H and O–H groups in total. The summed E-state index contributed by atoms with van der Waals surface area (Å²) in [6.07, 6.45) is 7.10. The summed E-state index contributed by atoms with van der Waals surface area (Å²) >= 11 is 0. The lowest BCUT2D eigenvalue weighted by Gasteiger charge is -2.38. The van der Waals surface area contributed by atoms with Crippen LogP contribution in [0.15, 0.2) is 24.4 Å². The molecule has 0 unspecified atom stereocenters. The molecule has 2 heterocycles. The maximum atomic E-state index is 12.0. The Hall–Kier alpha value is -2.17. The highest BCUT2D eigenvalue weighted by atomic mass is 32.2. The molecule has 1 aliphatic carbocycles. The van der Waals surface area contributed by atoms with Crippen LogP contribution in [0.25, 0.3) is 10.9 Å². The molecule has 4 rings (SSSR count). The Balaban J connectivity index is 1.32. The average molecular weight is 479 g/mol. The van der Waals surface area contributed by atoms with E-state index >= 15 is 0 Å². The zero-order chi connectivity index (χ0) is 23.6. The molecule has 33 heavy (non-hydrogen) atoms. The molecule has 1 aromatic heterocycles. The molecule has 2 aromatic rings. The molecule has 0 spiro atoms. The van der Waals surface area contributed by atoms with Crippen molar-refractivity contribution in [2.45, 2.75) is 50.2 Å². The molecule has 2 fully saturated rings. The van der Waals surface area contributed by atoms with Gasteiger partial charge in [0, 0.05) is 25.6 Å². The average Bonchev–Trinajstić information content (AvgIpc) is 3.17. The molecule has 10 heteroatoms. The van der Waals surface area contributed by atoms with E-state index in [0.29, 0.717) is 38.0 Å². The molecule has 1 saturated heterocycles. The Kier molecular flexibility index (Phi) is 7.25. The number of benzene rings is 1. The summed E-state index contributed by atoms with van der Waals surface area (Å²) in [6.45, 7) is 1.32. The van der Waals surface area contributed by atoms with Gasteiger partial charge < -0.3 is 14.4 Å². The van der Waals surface area contributed by atoms with Crippen LogP contribution in [0.5, 0.6) is 0 Å². The van der Waals surface area contributed by atoms with Gasteiger partial charge in [0.25, 0.3) is 0 Å². The summed E-state index contributed by atoms with van der Waals surface area (Å²) in [7, 11) is -0.0569. The van der Waals surface area contributed by atoms with Gasteiger partial charge >= 0.3 is 6.09 Å². The lowest BCUT2D eigenvalue weighted by Crippen LogP contribution is -2.56. The molecule has 0 radical (unpaired) electrons. The van der Waals surface area contributed by atoms with Crippen molar-refractivity contribution in [3.05, 3.63) is 30.0 Å². The van der Waals surface area contributed by atoms with E-state index in [9.17, 15) is 13.2 Å². The van der Waals surface area contributed by atoms with Gasteiger partial charge in [0.2, 0.25) is 10.0 Å². The van der Waals surface area contributed by atoms with Crippen molar-refractivity contribution in [2.24, 2.45) is 13.0 Å². The highest BCUT2D eigenvalue weighted by Gasteiger charge is 2.35. The summed E-state index contributed by atoms with van der Waals surface area (Å²) in [6, 6.07) is 6.28. The minimum absolute atomic E-state index is 0.320.